The second-order valence-corrected chi connectivity index (χ2v) is 6.38. The van der Waals surface area contributed by atoms with Gasteiger partial charge in [0.25, 0.3) is 0 Å². The van der Waals surface area contributed by atoms with Crippen LogP contribution in [0.5, 0.6) is 0 Å². The molecule has 0 atom stereocenters. The van der Waals surface area contributed by atoms with E-state index in [4.69, 9.17) is 11.6 Å². The highest BCUT2D eigenvalue weighted by atomic mass is 35.5. The van der Waals surface area contributed by atoms with Crippen LogP contribution >= 0.6 is 23.4 Å². The Morgan fingerprint density at radius 3 is 2.83 bits per heavy atom. The summed E-state index contributed by atoms with van der Waals surface area (Å²) in [6, 6.07) is 10.8. The molecule has 3 rings (SSSR count). The van der Waals surface area contributed by atoms with Crippen LogP contribution in [0.3, 0.4) is 0 Å². The molecule has 0 bridgehead atoms. The van der Waals surface area contributed by atoms with E-state index in [1.807, 2.05) is 31.2 Å². The SMILES string of the molecule is Cc1ccc(NC(=O)CSc2ccc(-n3cccn3)nn2)cc1Cl. The zero-order valence-electron chi connectivity index (χ0n) is 12.8. The van der Waals surface area contributed by atoms with E-state index in [1.54, 1.807) is 29.2 Å². The first-order valence-electron chi connectivity index (χ1n) is 7.14. The van der Waals surface area contributed by atoms with Gasteiger partial charge in [-0.05, 0) is 42.8 Å². The molecule has 0 aliphatic heterocycles. The van der Waals surface area contributed by atoms with Gasteiger partial charge in [0.2, 0.25) is 5.91 Å². The van der Waals surface area contributed by atoms with Gasteiger partial charge in [-0.1, -0.05) is 29.4 Å². The van der Waals surface area contributed by atoms with Gasteiger partial charge in [0.1, 0.15) is 5.03 Å². The van der Waals surface area contributed by atoms with Crippen LogP contribution in [0.4, 0.5) is 5.69 Å². The quantitative estimate of drug-likeness (QED) is 0.707. The van der Waals surface area contributed by atoms with Crippen molar-refractivity contribution < 1.29 is 4.79 Å². The van der Waals surface area contributed by atoms with Crippen LogP contribution < -0.4 is 5.32 Å². The zero-order valence-corrected chi connectivity index (χ0v) is 14.4. The van der Waals surface area contributed by atoms with Gasteiger partial charge < -0.3 is 5.32 Å². The third-order valence-corrected chi connectivity index (χ3v) is 4.50. The molecule has 0 saturated carbocycles. The molecular formula is C16H14ClN5OS. The number of thioether (sulfide) groups is 1. The summed E-state index contributed by atoms with van der Waals surface area (Å²) >= 11 is 7.36. The fraction of sp³-hybridized carbons (Fsp3) is 0.125. The molecule has 0 aliphatic rings. The number of benzene rings is 1. The van der Waals surface area contributed by atoms with E-state index in [0.29, 0.717) is 21.6 Å². The first-order chi connectivity index (χ1) is 11.6. The molecule has 122 valence electrons. The largest absolute Gasteiger partial charge is 0.325 e. The van der Waals surface area contributed by atoms with Gasteiger partial charge >= 0.3 is 0 Å². The Morgan fingerprint density at radius 2 is 2.17 bits per heavy atom. The van der Waals surface area contributed by atoms with E-state index in [0.717, 1.165) is 5.56 Å². The van der Waals surface area contributed by atoms with E-state index in [2.05, 4.69) is 20.6 Å². The van der Waals surface area contributed by atoms with Gasteiger partial charge in [0.05, 0.1) is 5.75 Å². The normalized spacial score (nSPS) is 10.6. The number of rotatable bonds is 5. The molecule has 6 nitrogen and oxygen atoms in total. The summed E-state index contributed by atoms with van der Waals surface area (Å²) in [5.74, 6) is 0.738. The molecule has 3 aromatic rings. The highest BCUT2D eigenvalue weighted by Crippen LogP contribution is 2.21. The third kappa shape index (κ3) is 4.12. The van der Waals surface area contributed by atoms with Crippen LogP contribution in [0.15, 0.2) is 53.8 Å². The van der Waals surface area contributed by atoms with E-state index >= 15 is 0 Å². The fourth-order valence-corrected chi connectivity index (χ4v) is 2.72. The average molecular weight is 360 g/mol. The molecule has 0 saturated heterocycles. The van der Waals surface area contributed by atoms with Crippen molar-refractivity contribution in [3.8, 4) is 5.82 Å². The summed E-state index contributed by atoms with van der Waals surface area (Å²) in [6.45, 7) is 1.91. The molecule has 1 aromatic carbocycles. The van der Waals surface area contributed by atoms with Crippen molar-refractivity contribution >= 4 is 35.0 Å². The Morgan fingerprint density at radius 1 is 1.29 bits per heavy atom. The molecule has 2 aromatic heterocycles. The number of carbonyl (C=O) groups excluding carboxylic acids is 1. The van der Waals surface area contributed by atoms with Gasteiger partial charge in [-0.3, -0.25) is 4.79 Å². The second kappa shape index (κ2) is 7.46. The number of carbonyl (C=O) groups is 1. The second-order valence-electron chi connectivity index (χ2n) is 4.98. The van der Waals surface area contributed by atoms with E-state index in [1.165, 1.54) is 11.8 Å². The van der Waals surface area contributed by atoms with Gasteiger partial charge in [0.15, 0.2) is 5.82 Å². The van der Waals surface area contributed by atoms with Crippen molar-refractivity contribution in [3.63, 3.8) is 0 Å². The average Bonchev–Trinajstić information content (AvgIpc) is 3.11. The number of amides is 1. The lowest BCUT2D eigenvalue weighted by atomic mass is 10.2. The molecule has 0 radical (unpaired) electrons. The number of anilines is 1. The summed E-state index contributed by atoms with van der Waals surface area (Å²) in [6.07, 6.45) is 3.46. The zero-order chi connectivity index (χ0) is 16.9. The molecule has 2 heterocycles. The Bertz CT molecular complexity index is 836. The summed E-state index contributed by atoms with van der Waals surface area (Å²) in [5.41, 5.74) is 1.65. The fourth-order valence-electron chi connectivity index (χ4n) is 1.92. The van der Waals surface area contributed by atoms with E-state index < -0.39 is 0 Å². The third-order valence-electron chi connectivity index (χ3n) is 3.17. The highest BCUT2D eigenvalue weighted by molar-refractivity contribution is 7.99. The summed E-state index contributed by atoms with van der Waals surface area (Å²) in [7, 11) is 0. The lowest BCUT2D eigenvalue weighted by molar-refractivity contribution is -0.113. The summed E-state index contributed by atoms with van der Waals surface area (Å²) in [4.78, 5) is 12.0. The topological polar surface area (TPSA) is 72.7 Å². The van der Waals surface area contributed by atoms with Crippen LogP contribution in [0, 0.1) is 6.92 Å². The maximum atomic E-state index is 12.0. The minimum atomic E-state index is -0.127. The predicted molar refractivity (Wildman–Crippen MR) is 94.7 cm³/mol. The standard InChI is InChI=1S/C16H14ClN5OS/c1-11-3-4-12(9-13(11)17)19-15(23)10-24-16-6-5-14(20-21-16)22-8-2-7-18-22/h2-9H,10H2,1H3,(H,19,23). The first-order valence-corrected chi connectivity index (χ1v) is 8.51. The van der Waals surface area contributed by atoms with Gasteiger partial charge in [-0.15, -0.1) is 10.2 Å². The van der Waals surface area contributed by atoms with Gasteiger partial charge in [0, 0.05) is 23.1 Å². The number of hydrogen-bond acceptors (Lipinski definition) is 5. The molecule has 8 heteroatoms. The lowest BCUT2D eigenvalue weighted by Crippen LogP contribution is -2.14. The van der Waals surface area contributed by atoms with Crippen LogP contribution in [-0.4, -0.2) is 31.6 Å². The molecule has 1 amide bonds. The smallest absolute Gasteiger partial charge is 0.234 e. The van der Waals surface area contributed by atoms with E-state index in [9.17, 15) is 4.79 Å². The predicted octanol–water partition coefficient (Wildman–Crippen LogP) is 3.35. The molecule has 0 unspecified atom stereocenters. The Hall–Kier alpha value is -2.38. The number of nitrogens with zero attached hydrogens (tertiary/aromatic N) is 4. The number of aromatic nitrogens is 4. The minimum Gasteiger partial charge on any atom is -0.325 e. The Labute approximate surface area is 148 Å². The van der Waals surface area contributed by atoms with Crippen LogP contribution in [0.1, 0.15) is 5.56 Å². The number of halogens is 1. The van der Waals surface area contributed by atoms with Gasteiger partial charge in [-0.25, -0.2) is 4.68 Å². The van der Waals surface area contributed by atoms with Crippen LogP contribution in [0.25, 0.3) is 5.82 Å². The van der Waals surface area contributed by atoms with Crippen LogP contribution in [0.2, 0.25) is 5.02 Å². The highest BCUT2D eigenvalue weighted by Gasteiger charge is 2.07. The van der Waals surface area contributed by atoms with Gasteiger partial charge in [-0.2, -0.15) is 5.10 Å². The molecular weight excluding hydrogens is 346 g/mol. The Kier molecular flexibility index (Phi) is 5.12. The van der Waals surface area contributed by atoms with Crippen molar-refractivity contribution in [2.24, 2.45) is 0 Å². The Balaban J connectivity index is 1.55. The van der Waals surface area contributed by atoms with Crippen molar-refractivity contribution in [2.75, 3.05) is 11.1 Å². The van der Waals surface area contributed by atoms with Crippen molar-refractivity contribution in [1.29, 1.82) is 0 Å². The summed E-state index contributed by atoms with van der Waals surface area (Å²) < 4.78 is 1.62. The van der Waals surface area contributed by atoms with Crippen LogP contribution in [-0.2, 0) is 4.79 Å². The molecule has 0 spiro atoms. The number of hydrogen-bond donors (Lipinski definition) is 1. The van der Waals surface area contributed by atoms with Crippen molar-refractivity contribution in [3.05, 3.63) is 59.4 Å². The monoisotopic (exact) mass is 359 g/mol. The molecule has 0 fully saturated rings. The molecule has 1 N–H and O–H groups in total. The minimum absolute atomic E-state index is 0.127. The number of aryl methyl sites for hydroxylation is 1. The summed E-state index contributed by atoms with van der Waals surface area (Å²) in [5, 5.41) is 16.4. The van der Waals surface area contributed by atoms with E-state index in [-0.39, 0.29) is 11.7 Å². The lowest BCUT2D eigenvalue weighted by Gasteiger charge is -2.06. The number of nitrogens with one attached hydrogen (secondary N) is 1. The maximum absolute atomic E-state index is 12.0. The maximum Gasteiger partial charge on any atom is 0.234 e. The molecule has 0 aliphatic carbocycles. The molecule has 24 heavy (non-hydrogen) atoms. The van der Waals surface area contributed by atoms with Crippen molar-refractivity contribution in [2.45, 2.75) is 11.9 Å². The van der Waals surface area contributed by atoms with Crippen molar-refractivity contribution in [1.82, 2.24) is 20.0 Å². The first kappa shape index (κ1) is 16.5.